The van der Waals surface area contributed by atoms with Gasteiger partial charge in [-0.05, 0) is 55.3 Å². The number of carbonyl (C=O) groups excluding carboxylic acids is 1. The van der Waals surface area contributed by atoms with Gasteiger partial charge in [0.1, 0.15) is 5.76 Å². The van der Waals surface area contributed by atoms with Crippen LogP contribution in [-0.4, -0.2) is 33.9 Å². The van der Waals surface area contributed by atoms with Crippen molar-refractivity contribution in [3.63, 3.8) is 0 Å². The number of rotatable bonds is 7. The molecule has 0 atom stereocenters. The Morgan fingerprint density at radius 2 is 1.88 bits per heavy atom. The lowest BCUT2D eigenvalue weighted by Crippen LogP contribution is -2.12. The van der Waals surface area contributed by atoms with Gasteiger partial charge in [-0.25, -0.2) is 0 Å². The molecule has 7 nitrogen and oxygen atoms in total. The van der Waals surface area contributed by atoms with Gasteiger partial charge in [-0.3, -0.25) is 4.79 Å². The smallest absolute Gasteiger partial charge is 0.249 e. The third-order valence-electron chi connectivity index (χ3n) is 6.18. The summed E-state index contributed by atoms with van der Waals surface area (Å²) in [7, 11) is 0. The Kier molecular flexibility index (Phi) is 5.55. The van der Waals surface area contributed by atoms with Crippen LogP contribution in [0.5, 0.6) is 0 Å². The fraction of sp³-hybridized carbons (Fsp3) is 0.185. The largest absolute Gasteiger partial charge is 0.395 e. The summed E-state index contributed by atoms with van der Waals surface area (Å²) in [6.07, 6.45) is 0. The Labute approximate surface area is 196 Å². The molecule has 5 aromatic rings. The zero-order valence-corrected chi connectivity index (χ0v) is 19.1. The third-order valence-corrected chi connectivity index (χ3v) is 6.18. The lowest BCUT2D eigenvalue weighted by Gasteiger charge is -2.10. The molecule has 0 saturated carbocycles. The molecule has 0 bridgehead atoms. The van der Waals surface area contributed by atoms with Crippen molar-refractivity contribution in [2.45, 2.75) is 20.4 Å². The Morgan fingerprint density at radius 3 is 2.56 bits per heavy atom. The van der Waals surface area contributed by atoms with Gasteiger partial charge in [0.25, 0.3) is 0 Å². The van der Waals surface area contributed by atoms with E-state index in [0.29, 0.717) is 24.4 Å². The number of nitrogens with two attached hydrogens (primary N) is 1. The summed E-state index contributed by atoms with van der Waals surface area (Å²) in [6, 6.07) is 20.1. The van der Waals surface area contributed by atoms with Gasteiger partial charge in [-0.2, -0.15) is 0 Å². The van der Waals surface area contributed by atoms with Gasteiger partial charge in [0.15, 0.2) is 0 Å². The van der Waals surface area contributed by atoms with E-state index in [1.165, 1.54) is 0 Å². The number of aliphatic hydroxyl groups excluding tert-OH is 1. The lowest BCUT2D eigenvalue weighted by atomic mass is 9.97. The van der Waals surface area contributed by atoms with Crippen LogP contribution in [0.3, 0.4) is 0 Å². The maximum Gasteiger partial charge on any atom is 0.249 e. The van der Waals surface area contributed by atoms with Gasteiger partial charge in [0.05, 0.1) is 17.8 Å². The fourth-order valence-electron chi connectivity index (χ4n) is 4.70. The number of nitrogens with one attached hydrogen (secondary N) is 1. The first-order chi connectivity index (χ1) is 16.5. The van der Waals surface area contributed by atoms with E-state index < -0.39 is 5.91 Å². The van der Waals surface area contributed by atoms with E-state index >= 15 is 0 Å². The van der Waals surface area contributed by atoms with Crippen molar-refractivity contribution in [2.24, 2.45) is 5.73 Å². The second-order valence-corrected chi connectivity index (χ2v) is 8.44. The molecule has 0 unspecified atom stereocenters. The summed E-state index contributed by atoms with van der Waals surface area (Å²) < 4.78 is 7.61. The molecule has 1 amide bonds. The van der Waals surface area contributed by atoms with Crippen LogP contribution in [0, 0.1) is 13.8 Å². The summed E-state index contributed by atoms with van der Waals surface area (Å²) in [5.74, 6) is 0.194. The highest BCUT2D eigenvalue weighted by Crippen LogP contribution is 2.38. The molecule has 0 saturated heterocycles. The monoisotopic (exact) mass is 454 g/mol. The summed E-state index contributed by atoms with van der Waals surface area (Å²) in [6.45, 7) is 4.85. The fourth-order valence-corrected chi connectivity index (χ4v) is 4.70. The van der Waals surface area contributed by atoms with Crippen molar-refractivity contribution in [1.29, 1.82) is 0 Å². The van der Waals surface area contributed by atoms with E-state index in [1.54, 1.807) is 0 Å². The number of hydrogen-bond acceptors (Lipinski definition) is 5. The molecule has 0 radical (unpaired) electrons. The van der Waals surface area contributed by atoms with Crippen LogP contribution in [0.15, 0.2) is 65.2 Å². The standard InChI is InChI=1S/C27H26N4O3/c1-16-25(17(2)34-30-16)19-12-22(27(28)33)26-21-14-20(29-10-11-32)8-9-23(21)31(24(26)13-19)15-18-6-4-3-5-7-18/h3-9,12-14,29,32H,10-11,15H2,1-2H3,(H2,28,33). The van der Waals surface area contributed by atoms with Crippen molar-refractivity contribution in [3.05, 3.63) is 83.2 Å². The van der Waals surface area contributed by atoms with Gasteiger partial charge >= 0.3 is 0 Å². The first kappa shape index (κ1) is 21.7. The molecule has 172 valence electrons. The third kappa shape index (κ3) is 3.70. The molecule has 0 aliphatic rings. The van der Waals surface area contributed by atoms with Crippen molar-refractivity contribution < 1.29 is 14.4 Å². The number of aliphatic hydroxyl groups is 1. The molecule has 0 aliphatic heterocycles. The molecule has 7 heteroatoms. The predicted octanol–water partition coefficient (Wildman–Crippen LogP) is 4.62. The number of amides is 1. The van der Waals surface area contributed by atoms with Gasteiger partial charge in [-0.1, -0.05) is 35.5 Å². The molecule has 3 aromatic carbocycles. The SMILES string of the molecule is Cc1noc(C)c1-c1cc(C(N)=O)c2c3cc(NCCO)ccc3n(Cc3ccccc3)c2c1. The van der Waals surface area contributed by atoms with Crippen molar-refractivity contribution in [2.75, 3.05) is 18.5 Å². The van der Waals surface area contributed by atoms with E-state index in [2.05, 4.69) is 33.2 Å². The van der Waals surface area contributed by atoms with E-state index in [0.717, 1.165) is 49.9 Å². The molecule has 2 aromatic heterocycles. The molecular formula is C27H26N4O3. The van der Waals surface area contributed by atoms with Crippen LogP contribution < -0.4 is 11.1 Å². The summed E-state index contributed by atoms with van der Waals surface area (Å²) in [5.41, 5.74) is 12.7. The highest BCUT2D eigenvalue weighted by molar-refractivity contribution is 6.19. The van der Waals surface area contributed by atoms with Gasteiger partial charge in [0, 0.05) is 46.2 Å². The van der Waals surface area contributed by atoms with Crippen LogP contribution in [0.25, 0.3) is 32.9 Å². The second kappa shape index (κ2) is 8.68. The Hall–Kier alpha value is -4.10. The molecule has 2 heterocycles. The minimum Gasteiger partial charge on any atom is -0.395 e. The molecule has 0 spiro atoms. The quantitative estimate of drug-likeness (QED) is 0.333. The number of primary amides is 1. The molecule has 34 heavy (non-hydrogen) atoms. The maximum absolute atomic E-state index is 12.7. The van der Waals surface area contributed by atoms with Crippen LogP contribution in [0.4, 0.5) is 5.69 Å². The molecule has 4 N–H and O–H groups in total. The Morgan fingerprint density at radius 1 is 1.09 bits per heavy atom. The van der Waals surface area contributed by atoms with E-state index in [4.69, 9.17) is 10.3 Å². The summed E-state index contributed by atoms with van der Waals surface area (Å²) >= 11 is 0. The van der Waals surface area contributed by atoms with E-state index in [9.17, 15) is 9.90 Å². The number of hydrogen-bond donors (Lipinski definition) is 3. The molecule has 0 aliphatic carbocycles. The molecular weight excluding hydrogens is 428 g/mol. The van der Waals surface area contributed by atoms with Crippen LogP contribution in [-0.2, 0) is 6.54 Å². The van der Waals surface area contributed by atoms with Crippen molar-refractivity contribution in [3.8, 4) is 11.1 Å². The lowest BCUT2D eigenvalue weighted by molar-refractivity contribution is 0.100. The molecule has 5 rings (SSSR count). The first-order valence-electron chi connectivity index (χ1n) is 11.2. The average Bonchev–Trinajstić information content (AvgIpc) is 3.33. The summed E-state index contributed by atoms with van der Waals surface area (Å²) in [4.78, 5) is 12.7. The molecule has 0 fully saturated rings. The zero-order valence-electron chi connectivity index (χ0n) is 19.1. The second-order valence-electron chi connectivity index (χ2n) is 8.44. The number of nitrogens with zero attached hydrogens (tertiary/aromatic N) is 2. The number of carbonyl (C=O) groups is 1. The van der Waals surface area contributed by atoms with E-state index in [1.807, 2.05) is 56.3 Å². The zero-order chi connectivity index (χ0) is 23.8. The maximum atomic E-state index is 12.7. The highest BCUT2D eigenvalue weighted by atomic mass is 16.5. The number of aromatic nitrogens is 2. The Bertz CT molecular complexity index is 1500. The highest BCUT2D eigenvalue weighted by Gasteiger charge is 2.21. The normalized spacial score (nSPS) is 11.4. The van der Waals surface area contributed by atoms with Crippen molar-refractivity contribution >= 4 is 33.4 Å². The van der Waals surface area contributed by atoms with Gasteiger partial charge in [-0.15, -0.1) is 0 Å². The van der Waals surface area contributed by atoms with Crippen LogP contribution >= 0.6 is 0 Å². The van der Waals surface area contributed by atoms with Gasteiger partial charge in [0.2, 0.25) is 5.91 Å². The van der Waals surface area contributed by atoms with Crippen LogP contribution in [0.2, 0.25) is 0 Å². The number of anilines is 1. The summed E-state index contributed by atoms with van der Waals surface area (Å²) in [5, 5.41) is 18.3. The minimum absolute atomic E-state index is 0.0289. The minimum atomic E-state index is -0.494. The average molecular weight is 455 g/mol. The number of benzene rings is 3. The topological polar surface area (TPSA) is 106 Å². The number of aryl methyl sites for hydroxylation is 2. The number of fused-ring (bicyclic) bond motifs is 3. The van der Waals surface area contributed by atoms with Crippen LogP contribution in [0.1, 0.15) is 27.4 Å². The van der Waals surface area contributed by atoms with E-state index in [-0.39, 0.29) is 6.61 Å². The predicted molar refractivity (Wildman–Crippen MR) is 134 cm³/mol. The van der Waals surface area contributed by atoms with Crippen molar-refractivity contribution in [1.82, 2.24) is 9.72 Å². The van der Waals surface area contributed by atoms with Gasteiger partial charge < -0.3 is 25.2 Å². The first-order valence-corrected chi connectivity index (χ1v) is 11.2. The Balaban J connectivity index is 1.85.